The standard InChI is InChI=1S/C14H15N3O3/c1-10(11-4-6-15-7-5-11)16-14(20)12-3-2-8-17(12)9-13(18)19/h2-8,10H,9H2,1H3,(H,16,20)(H,18,19). The van der Waals surface area contributed by atoms with E-state index in [2.05, 4.69) is 10.3 Å². The van der Waals surface area contributed by atoms with Crippen molar-refractivity contribution in [1.82, 2.24) is 14.9 Å². The first-order valence-corrected chi connectivity index (χ1v) is 6.15. The van der Waals surface area contributed by atoms with Crippen LogP contribution in [0.5, 0.6) is 0 Å². The number of aromatic nitrogens is 2. The summed E-state index contributed by atoms with van der Waals surface area (Å²) in [6.07, 6.45) is 4.89. The number of pyridine rings is 1. The monoisotopic (exact) mass is 273 g/mol. The maximum atomic E-state index is 12.2. The Morgan fingerprint density at radius 1 is 1.35 bits per heavy atom. The van der Waals surface area contributed by atoms with Gasteiger partial charge in [0.25, 0.3) is 5.91 Å². The minimum atomic E-state index is -0.988. The molecule has 104 valence electrons. The van der Waals surface area contributed by atoms with E-state index in [-0.39, 0.29) is 18.5 Å². The maximum absolute atomic E-state index is 12.2. The SMILES string of the molecule is CC(NC(=O)c1cccn1CC(=O)O)c1ccncc1. The van der Waals surface area contributed by atoms with E-state index in [0.717, 1.165) is 5.56 Å². The number of aliphatic carboxylic acids is 1. The minimum absolute atomic E-state index is 0.182. The number of nitrogens with one attached hydrogen (secondary N) is 1. The van der Waals surface area contributed by atoms with Crippen molar-refractivity contribution in [3.05, 3.63) is 54.1 Å². The summed E-state index contributed by atoms with van der Waals surface area (Å²) in [6.45, 7) is 1.62. The zero-order chi connectivity index (χ0) is 14.5. The minimum Gasteiger partial charge on any atom is -0.480 e. The van der Waals surface area contributed by atoms with Gasteiger partial charge in [0.2, 0.25) is 0 Å². The molecule has 2 heterocycles. The van der Waals surface area contributed by atoms with Gasteiger partial charge in [0.1, 0.15) is 12.2 Å². The molecule has 0 aromatic carbocycles. The van der Waals surface area contributed by atoms with Crippen LogP contribution in [0.4, 0.5) is 0 Å². The topological polar surface area (TPSA) is 84.2 Å². The van der Waals surface area contributed by atoms with Gasteiger partial charge in [-0.15, -0.1) is 0 Å². The molecule has 1 atom stereocenters. The molecule has 0 aliphatic carbocycles. The molecule has 2 aromatic rings. The van der Waals surface area contributed by atoms with Crippen LogP contribution in [0.15, 0.2) is 42.9 Å². The fraction of sp³-hybridized carbons (Fsp3) is 0.214. The maximum Gasteiger partial charge on any atom is 0.323 e. The van der Waals surface area contributed by atoms with Crippen LogP contribution in [0.25, 0.3) is 0 Å². The molecular weight excluding hydrogens is 258 g/mol. The second-order valence-corrected chi connectivity index (χ2v) is 4.39. The van der Waals surface area contributed by atoms with Crippen LogP contribution in [-0.2, 0) is 11.3 Å². The van der Waals surface area contributed by atoms with E-state index in [0.29, 0.717) is 5.69 Å². The average molecular weight is 273 g/mol. The summed E-state index contributed by atoms with van der Waals surface area (Å²) in [5.41, 5.74) is 1.26. The Morgan fingerprint density at radius 3 is 2.70 bits per heavy atom. The van der Waals surface area contributed by atoms with E-state index in [1.54, 1.807) is 30.7 Å². The molecule has 2 N–H and O–H groups in total. The van der Waals surface area contributed by atoms with Crippen molar-refractivity contribution in [2.45, 2.75) is 19.5 Å². The van der Waals surface area contributed by atoms with Gasteiger partial charge in [0.15, 0.2) is 0 Å². The van der Waals surface area contributed by atoms with E-state index in [1.807, 2.05) is 19.1 Å². The number of carbonyl (C=O) groups is 2. The van der Waals surface area contributed by atoms with E-state index >= 15 is 0 Å². The van der Waals surface area contributed by atoms with E-state index < -0.39 is 5.97 Å². The van der Waals surface area contributed by atoms with Crippen molar-refractivity contribution in [2.24, 2.45) is 0 Å². The highest BCUT2D eigenvalue weighted by Gasteiger charge is 2.15. The Kier molecular flexibility index (Phi) is 4.14. The number of hydrogen-bond acceptors (Lipinski definition) is 3. The van der Waals surface area contributed by atoms with Crippen molar-refractivity contribution < 1.29 is 14.7 Å². The van der Waals surface area contributed by atoms with Gasteiger partial charge >= 0.3 is 5.97 Å². The lowest BCUT2D eigenvalue weighted by molar-refractivity contribution is -0.137. The summed E-state index contributed by atoms with van der Waals surface area (Å²) in [7, 11) is 0. The molecule has 0 radical (unpaired) electrons. The van der Waals surface area contributed by atoms with E-state index in [9.17, 15) is 9.59 Å². The van der Waals surface area contributed by atoms with Gasteiger partial charge in [-0.2, -0.15) is 0 Å². The zero-order valence-corrected chi connectivity index (χ0v) is 11.0. The van der Waals surface area contributed by atoms with Crippen molar-refractivity contribution in [2.75, 3.05) is 0 Å². The Hall–Kier alpha value is -2.63. The average Bonchev–Trinajstić information content (AvgIpc) is 2.87. The van der Waals surface area contributed by atoms with Crippen molar-refractivity contribution in [3.8, 4) is 0 Å². The first kappa shape index (κ1) is 13.8. The number of carboxylic acids is 1. The van der Waals surface area contributed by atoms with Crippen LogP contribution in [0.2, 0.25) is 0 Å². The van der Waals surface area contributed by atoms with E-state index in [4.69, 9.17) is 5.11 Å². The lowest BCUT2D eigenvalue weighted by atomic mass is 10.1. The molecule has 0 aliphatic rings. The third-order valence-corrected chi connectivity index (χ3v) is 2.92. The zero-order valence-electron chi connectivity index (χ0n) is 11.0. The third-order valence-electron chi connectivity index (χ3n) is 2.92. The summed E-state index contributed by atoms with van der Waals surface area (Å²) < 4.78 is 1.40. The molecule has 0 saturated carbocycles. The molecule has 0 spiro atoms. The van der Waals surface area contributed by atoms with Gasteiger partial charge in [0.05, 0.1) is 6.04 Å². The summed E-state index contributed by atoms with van der Waals surface area (Å²) in [4.78, 5) is 26.8. The highest BCUT2D eigenvalue weighted by Crippen LogP contribution is 2.12. The molecular formula is C14H15N3O3. The summed E-state index contributed by atoms with van der Waals surface area (Å²) in [5.74, 6) is -1.29. The van der Waals surface area contributed by atoms with Gasteiger partial charge in [0, 0.05) is 18.6 Å². The summed E-state index contributed by atoms with van der Waals surface area (Å²) in [5, 5.41) is 11.6. The quantitative estimate of drug-likeness (QED) is 0.863. The predicted octanol–water partition coefficient (Wildman–Crippen LogP) is 1.46. The van der Waals surface area contributed by atoms with Crippen molar-refractivity contribution in [3.63, 3.8) is 0 Å². The van der Waals surface area contributed by atoms with Crippen LogP contribution in [0.3, 0.4) is 0 Å². The van der Waals surface area contributed by atoms with E-state index in [1.165, 1.54) is 4.57 Å². The van der Waals surface area contributed by atoms with Gasteiger partial charge in [-0.25, -0.2) is 0 Å². The smallest absolute Gasteiger partial charge is 0.323 e. The largest absolute Gasteiger partial charge is 0.480 e. The van der Waals surface area contributed by atoms with Crippen LogP contribution < -0.4 is 5.32 Å². The number of nitrogens with zero attached hydrogens (tertiary/aromatic N) is 2. The first-order valence-electron chi connectivity index (χ1n) is 6.15. The summed E-state index contributed by atoms with van der Waals surface area (Å²) >= 11 is 0. The van der Waals surface area contributed by atoms with Crippen LogP contribution in [0.1, 0.15) is 29.0 Å². The van der Waals surface area contributed by atoms with Crippen molar-refractivity contribution >= 4 is 11.9 Å². The molecule has 2 rings (SSSR count). The molecule has 6 heteroatoms. The number of rotatable bonds is 5. The van der Waals surface area contributed by atoms with Crippen molar-refractivity contribution in [1.29, 1.82) is 0 Å². The lowest BCUT2D eigenvalue weighted by Gasteiger charge is -2.14. The van der Waals surface area contributed by atoms with Crippen LogP contribution >= 0.6 is 0 Å². The van der Waals surface area contributed by atoms with Crippen LogP contribution in [-0.4, -0.2) is 26.5 Å². The van der Waals surface area contributed by atoms with Gasteiger partial charge < -0.3 is 15.0 Å². The highest BCUT2D eigenvalue weighted by molar-refractivity contribution is 5.93. The second kappa shape index (κ2) is 6.01. The highest BCUT2D eigenvalue weighted by atomic mass is 16.4. The molecule has 0 saturated heterocycles. The Morgan fingerprint density at radius 2 is 2.05 bits per heavy atom. The number of hydrogen-bond donors (Lipinski definition) is 2. The normalized spacial score (nSPS) is 11.8. The first-order chi connectivity index (χ1) is 9.58. The Bertz CT molecular complexity index is 607. The van der Waals surface area contributed by atoms with Gasteiger partial charge in [-0.3, -0.25) is 14.6 Å². The Balaban J connectivity index is 2.09. The summed E-state index contributed by atoms with van der Waals surface area (Å²) in [6, 6.07) is 6.70. The fourth-order valence-corrected chi connectivity index (χ4v) is 1.91. The predicted molar refractivity (Wildman–Crippen MR) is 72.2 cm³/mol. The number of carbonyl (C=O) groups excluding carboxylic acids is 1. The number of amides is 1. The van der Waals surface area contributed by atoms with Crippen LogP contribution in [0, 0.1) is 0 Å². The lowest BCUT2D eigenvalue weighted by Crippen LogP contribution is -2.29. The molecule has 6 nitrogen and oxygen atoms in total. The number of carboxylic acid groups (broad SMARTS) is 1. The molecule has 0 fully saturated rings. The molecule has 0 aliphatic heterocycles. The van der Waals surface area contributed by atoms with Gasteiger partial charge in [-0.1, -0.05) is 0 Å². The third kappa shape index (κ3) is 3.23. The molecule has 1 unspecified atom stereocenters. The molecule has 1 amide bonds. The molecule has 20 heavy (non-hydrogen) atoms. The second-order valence-electron chi connectivity index (χ2n) is 4.39. The molecule has 2 aromatic heterocycles. The Labute approximate surface area is 116 Å². The fourth-order valence-electron chi connectivity index (χ4n) is 1.91. The van der Waals surface area contributed by atoms with Gasteiger partial charge in [-0.05, 0) is 36.8 Å². The molecule has 0 bridgehead atoms.